The van der Waals surface area contributed by atoms with E-state index in [-0.39, 0.29) is 0 Å². The van der Waals surface area contributed by atoms with Gasteiger partial charge in [-0.2, -0.15) is 0 Å². The Morgan fingerprint density at radius 3 is 2.08 bits per heavy atom. The molecule has 5 rings (SSSR count). The lowest BCUT2D eigenvalue weighted by Gasteiger charge is -2.16. The number of nitrogens with one attached hydrogen (secondary N) is 1. The van der Waals surface area contributed by atoms with Crippen molar-refractivity contribution in [2.45, 2.75) is 12.5 Å². The van der Waals surface area contributed by atoms with Crippen molar-refractivity contribution in [3.63, 3.8) is 0 Å². The van der Waals surface area contributed by atoms with Crippen molar-refractivity contribution in [2.24, 2.45) is 5.73 Å². The predicted octanol–water partition coefficient (Wildman–Crippen LogP) is 6.01. The molecule has 0 spiro atoms. The Bertz CT molecular complexity index is 1640. The minimum atomic E-state index is -0.842. The van der Waals surface area contributed by atoms with Crippen molar-refractivity contribution in [1.29, 1.82) is 0 Å². The van der Waals surface area contributed by atoms with Gasteiger partial charge in [-0.25, -0.2) is 9.97 Å². The van der Waals surface area contributed by atoms with Gasteiger partial charge in [0, 0.05) is 51.1 Å². The summed E-state index contributed by atoms with van der Waals surface area (Å²) in [5.74, 6) is -0.571. The zero-order valence-electron chi connectivity index (χ0n) is 21.1. The Balaban J connectivity index is 1.44. The van der Waals surface area contributed by atoms with Gasteiger partial charge in [0.25, 0.3) is 5.91 Å². The largest absolute Gasteiger partial charge is 0.368 e. The van der Waals surface area contributed by atoms with Crippen LogP contribution in [-0.4, -0.2) is 32.8 Å². The lowest BCUT2D eigenvalue weighted by atomic mass is 10.0. The quantitative estimate of drug-likeness (QED) is 0.238. The van der Waals surface area contributed by atoms with Crippen molar-refractivity contribution in [2.75, 3.05) is 0 Å². The first kappa shape index (κ1) is 27.0. The molecule has 0 fully saturated rings. The SMILES string of the molecule is NC(=O)[C@H](Cc1ccccc1)NC(=O)c1ccc(-c2cc(-c3cccnc3)nc(-c3cc(Cl)cc(Cl)c3)n2)cc1. The molecule has 1 atom stereocenters. The number of halogens is 2. The van der Waals surface area contributed by atoms with Crippen LogP contribution in [0.3, 0.4) is 0 Å². The van der Waals surface area contributed by atoms with Crippen LogP contribution >= 0.6 is 23.2 Å². The maximum absolute atomic E-state index is 13.0. The van der Waals surface area contributed by atoms with Crippen molar-refractivity contribution in [3.05, 3.63) is 125 Å². The number of nitrogens with zero attached hydrogens (tertiary/aromatic N) is 3. The monoisotopic (exact) mass is 567 g/mol. The number of hydrogen-bond acceptors (Lipinski definition) is 5. The molecule has 2 aromatic heterocycles. The fourth-order valence-corrected chi connectivity index (χ4v) is 4.70. The van der Waals surface area contributed by atoms with E-state index in [1.807, 2.05) is 48.5 Å². The molecule has 40 heavy (non-hydrogen) atoms. The summed E-state index contributed by atoms with van der Waals surface area (Å²) in [5, 5.41) is 3.68. The van der Waals surface area contributed by atoms with Crippen molar-refractivity contribution >= 4 is 35.0 Å². The number of amides is 2. The Morgan fingerprint density at radius 2 is 1.45 bits per heavy atom. The van der Waals surface area contributed by atoms with Gasteiger partial charge in [0.1, 0.15) is 6.04 Å². The van der Waals surface area contributed by atoms with Crippen LogP contribution in [0.25, 0.3) is 33.9 Å². The molecule has 0 radical (unpaired) electrons. The second-order valence-electron chi connectivity index (χ2n) is 9.06. The average molecular weight is 568 g/mol. The van der Waals surface area contributed by atoms with Crippen molar-refractivity contribution in [3.8, 4) is 33.9 Å². The molecule has 2 heterocycles. The fraction of sp³-hybridized carbons (Fsp3) is 0.0645. The summed E-state index contributed by atoms with van der Waals surface area (Å²) in [4.78, 5) is 38.7. The summed E-state index contributed by atoms with van der Waals surface area (Å²) in [6.45, 7) is 0. The van der Waals surface area contributed by atoms with E-state index in [0.29, 0.717) is 44.8 Å². The number of nitrogens with two attached hydrogens (primary N) is 1. The van der Waals surface area contributed by atoms with E-state index in [2.05, 4.69) is 10.3 Å². The van der Waals surface area contributed by atoms with Gasteiger partial charge in [-0.15, -0.1) is 0 Å². The molecule has 2 amide bonds. The van der Waals surface area contributed by atoms with Crippen LogP contribution in [0, 0.1) is 0 Å². The summed E-state index contributed by atoms with van der Waals surface area (Å²) in [7, 11) is 0. The number of aromatic nitrogens is 3. The summed E-state index contributed by atoms with van der Waals surface area (Å²) < 4.78 is 0. The average Bonchev–Trinajstić information content (AvgIpc) is 2.97. The van der Waals surface area contributed by atoms with Crippen LogP contribution in [0.5, 0.6) is 0 Å². The maximum atomic E-state index is 13.0. The summed E-state index contributed by atoms with van der Waals surface area (Å²) in [5.41, 5.74) is 10.4. The molecule has 3 aromatic carbocycles. The molecule has 0 aliphatic rings. The van der Waals surface area contributed by atoms with Crippen LogP contribution in [0.1, 0.15) is 15.9 Å². The van der Waals surface area contributed by atoms with Crippen molar-refractivity contribution < 1.29 is 9.59 Å². The van der Waals surface area contributed by atoms with Crippen LogP contribution in [0.15, 0.2) is 103 Å². The van der Waals surface area contributed by atoms with Gasteiger partial charge in [-0.1, -0.05) is 65.7 Å². The lowest BCUT2D eigenvalue weighted by molar-refractivity contribution is -0.119. The molecule has 9 heteroatoms. The highest BCUT2D eigenvalue weighted by molar-refractivity contribution is 6.35. The number of carbonyl (C=O) groups is 2. The van der Waals surface area contributed by atoms with Gasteiger partial charge in [-0.05, 0) is 54.1 Å². The zero-order valence-corrected chi connectivity index (χ0v) is 22.6. The van der Waals surface area contributed by atoms with Gasteiger partial charge in [0.05, 0.1) is 11.4 Å². The Morgan fingerprint density at radius 1 is 0.775 bits per heavy atom. The van der Waals surface area contributed by atoms with Crippen LogP contribution in [0.4, 0.5) is 0 Å². The molecular weight excluding hydrogens is 545 g/mol. The second kappa shape index (κ2) is 12.1. The summed E-state index contributed by atoms with van der Waals surface area (Å²) in [6.07, 6.45) is 3.71. The number of carbonyl (C=O) groups excluding carboxylic acids is 2. The Labute approximate surface area is 241 Å². The first-order valence-electron chi connectivity index (χ1n) is 12.4. The summed E-state index contributed by atoms with van der Waals surface area (Å²) >= 11 is 12.5. The molecule has 3 N–H and O–H groups in total. The Hall–Kier alpha value is -4.59. The van der Waals surface area contributed by atoms with Crippen LogP contribution in [0.2, 0.25) is 10.0 Å². The molecule has 7 nitrogen and oxygen atoms in total. The molecule has 0 saturated carbocycles. The summed E-state index contributed by atoms with van der Waals surface area (Å²) in [6, 6.07) is 26.2. The van der Waals surface area contributed by atoms with Crippen LogP contribution in [-0.2, 0) is 11.2 Å². The number of benzene rings is 3. The van der Waals surface area contributed by atoms with E-state index >= 15 is 0 Å². The van der Waals surface area contributed by atoms with E-state index in [1.165, 1.54) is 0 Å². The standard InChI is InChI=1S/C31H23Cl2N5O2/c32-24-14-23(15-25(33)16-24)30-36-26(17-27(37-30)22-7-4-12-35-18-22)20-8-10-21(11-9-20)31(40)38-28(29(34)39)13-19-5-2-1-3-6-19/h1-12,14-18,28H,13H2,(H2,34,39)(H,38,40)/t28-/m0/s1. The second-order valence-corrected chi connectivity index (χ2v) is 9.93. The van der Waals surface area contributed by atoms with Gasteiger partial charge < -0.3 is 11.1 Å². The van der Waals surface area contributed by atoms with E-state index < -0.39 is 17.9 Å². The molecule has 0 bridgehead atoms. The van der Waals surface area contributed by atoms with E-state index in [4.69, 9.17) is 38.9 Å². The minimum Gasteiger partial charge on any atom is -0.368 e. The third-order valence-electron chi connectivity index (χ3n) is 6.18. The molecule has 0 aliphatic carbocycles. The number of pyridine rings is 1. The van der Waals surface area contributed by atoms with E-state index in [0.717, 1.165) is 16.7 Å². The fourth-order valence-electron chi connectivity index (χ4n) is 4.18. The third kappa shape index (κ3) is 6.51. The molecule has 198 valence electrons. The highest BCUT2D eigenvalue weighted by atomic mass is 35.5. The molecular formula is C31H23Cl2N5O2. The number of rotatable bonds is 8. The topological polar surface area (TPSA) is 111 Å². The first-order valence-corrected chi connectivity index (χ1v) is 13.1. The smallest absolute Gasteiger partial charge is 0.251 e. The maximum Gasteiger partial charge on any atom is 0.251 e. The van der Waals surface area contributed by atoms with Crippen LogP contribution < -0.4 is 11.1 Å². The van der Waals surface area contributed by atoms with Gasteiger partial charge in [0.2, 0.25) is 5.91 Å². The molecule has 0 unspecified atom stereocenters. The Kier molecular flexibility index (Phi) is 8.15. The highest BCUT2D eigenvalue weighted by Gasteiger charge is 2.20. The predicted molar refractivity (Wildman–Crippen MR) is 157 cm³/mol. The van der Waals surface area contributed by atoms with Crippen molar-refractivity contribution in [1.82, 2.24) is 20.3 Å². The molecule has 0 saturated heterocycles. The number of primary amides is 1. The van der Waals surface area contributed by atoms with E-state index in [9.17, 15) is 9.59 Å². The normalized spacial score (nSPS) is 11.6. The lowest BCUT2D eigenvalue weighted by Crippen LogP contribution is -2.45. The molecule has 5 aromatic rings. The molecule has 0 aliphatic heterocycles. The zero-order chi connectivity index (χ0) is 28.1. The first-order chi connectivity index (χ1) is 19.4. The van der Waals surface area contributed by atoms with Gasteiger partial charge in [-0.3, -0.25) is 14.6 Å². The van der Waals surface area contributed by atoms with E-state index in [1.54, 1.807) is 54.9 Å². The van der Waals surface area contributed by atoms with Gasteiger partial charge >= 0.3 is 0 Å². The highest BCUT2D eigenvalue weighted by Crippen LogP contribution is 2.30. The number of hydrogen-bond donors (Lipinski definition) is 2. The minimum absolute atomic E-state index is 0.300. The third-order valence-corrected chi connectivity index (χ3v) is 6.61. The van der Waals surface area contributed by atoms with Gasteiger partial charge in [0.15, 0.2) is 5.82 Å².